The monoisotopic (exact) mass is 552 g/mol. The maximum atomic E-state index is 11.2. The summed E-state index contributed by atoms with van der Waals surface area (Å²) in [7, 11) is 0. The topological polar surface area (TPSA) is 64.3 Å². The summed E-state index contributed by atoms with van der Waals surface area (Å²) in [5.74, 6) is -0.0991. The van der Waals surface area contributed by atoms with Gasteiger partial charge in [-0.3, -0.25) is 0 Å². The van der Waals surface area contributed by atoms with Gasteiger partial charge in [0.05, 0.1) is 24.5 Å². The molecule has 0 unspecified atom stereocenters. The quantitative estimate of drug-likeness (QED) is 0.206. The lowest BCUT2D eigenvalue weighted by atomic mass is 10.0. The van der Waals surface area contributed by atoms with Crippen molar-refractivity contribution in [2.75, 3.05) is 0 Å². The molecule has 0 radical (unpaired) electrons. The Kier molecular flexibility index (Phi) is 7.59. The summed E-state index contributed by atoms with van der Waals surface area (Å²) in [6.07, 6.45) is 2.00. The number of ether oxygens (including phenoxy) is 1. The van der Waals surface area contributed by atoms with Crippen LogP contribution < -0.4 is 0 Å². The van der Waals surface area contributed by atoms with E-state index in [4.69, 9.17) is 9.72 Å². The number of nitrogens with zero attached hydrogens (tertiary/aromatic N) is 2. The van der Waals surface area contributed by atoms with Gasteiger partial charge in [0.15, 0.2) is 0 Å². The Morgan fingerprint density at radius 1 is 0.784 bits per heavy atom. The summed E-state index contributed by atoms with van der Waals surface area (Å²) in [4.78, 5) is 16.1. The number of hydrogen-bond donors (Lipinski definition) is 1. The molecule has 5 nitrogen and oxygen atoms in total. The first-order chi connectivity index (χ1) is 18.0. The number of benzene rings is 4. The van der Waals surface area contributed by atoms with E-state index in [1.54, 1.807) is 12.1 Å². The van der Waals surface area contributed by atoms with Crippen molar-refractivity contribution < 1.29 is 14.6 Å². The van der Waals surface area contributed by atoms with Crippen molar-refractivity contribution in [3.05, 3.63) is 136 Å². The minimum Gasteiger partial charge on any atom is -0.478 e. The molecule has 0 fully saturated rings. The van der Waals surface area contributed by atoms with Gasteiger partial charge in [-0.2, -0.15) is 0 Å². The SMILES string of the molecule is O=C(O)c1ccc(Cn2cc(COCc3cccc(-c4ccccc4)c3)nc2-c2ccc(Br)cc2)cc1. The van der Waals surface area contributed by atoms with Crippen molar-refractivity contribution >= 4 is 21.9 Å². The van der Waals surface area contributed by atoms with Gasteiger partial charge in [-0.25, -0.2) is 9.78 Å². The molecule has 1 N–H and O–H groups in total. The highest BCUT2D eigenvalue weighted by molar-refractivity contribution is 9.10. The number of rotatable bonds is 9. The van der Waals surface area contributed by atoms with Crippen molar-refractivity contribution in [1.82, 2.24) is 9.55 Å². The second-order valence-corrected chi connectivity index (χ2v) is 9.67. The lowest BCUT2D eigenvalue weighted by Gasteiger charge is -2.08. The average molecular weight is 553 g/mol. The molecule has 1 aromatic heterocycles. The molecule has 0 aliphatic heterocycles. The summed E-state index contributed by atoms with van der Waals surface area (Å²) in [6.45, 7) is 1.43. The van der Waals surface area contributed by atoms with Gasteiger partial charge in [-0.1, -0.05) is 88.7 Å². The largest absolute Gasteiger partial charge is 0.478 e. The standard InChI is InChI=1S/C31H25BrN2O3/c32-28-15-13-25(14-16-28)30-33-29(19-34(30)18-22-9-11-26(12-10-22)31(35)36)21-37-20-23-5-4-8-27(17-23)24-6-2-1-3-7-24/h1-17,19H,18,20-21H2,(H,35,36). The molecule has 0 saturated heterocycles. The van der Waals surface area contributed by atoms with Crippen LogP contribution in [0.1, 0.15) is 27.2 Å². The molecule has 0 saturated carbocycles. The zero-order chi connectivity index (χ0) is 25.6. The Bertz CT molecular complexity index is 1490. The van der Waals surface area contributed by atoms with E-state index in [0.29, 0.717) is 19.8 Å². The molecule has 0 aliphatic carbocycles. The minimum absolute atomic E-state index is 0.271. The van der Waals surface area contributed by atoms with E-state index in [1.807, 2.05) is 60.8 Å². The number of aromatic nitrogens is 2. The summed E-state index contributed by atoms with van der Waals surface area (Å²) >= 11 is 3.50. The Balaban J connectivity index is 1.33. The second-order valence-electron chi connectivity index (χ2n) is 8.75. The third-order valence-corrected chi connectivity index (χ3v) is 6.56. The van der Waals surface area contributed by atoms with Crippen molar-refractivity contribution in [2.24, 2.45) is 0 Å². The average Bonchev–Trinajstić information content (AvgIpc) is 3.32. The molecule has 0 amide bonds. The molecule has 184 valence electrons. The van der Waals surface area contributed by atoms with Crippen LogP contribution in [0.25, 0.3) is 22.5 Å². The van der Waals surface area contributed by atoms with Gasteiger partial charge < -0.3 is 14.4 Å². The van der Waals surface area contributed by atoms with E-state index < -0.39 is 5.97 Å². The van der Waals surface area contributed by atoms with Crippen LogP contribution in [-0.4, -0.2) is 20.6 Å². The van der Waals surface area contributed by atoms with Crippen LogP contribution in [0.3, 0.4) is 0 Å². The fraction of sp³-hybridized carbons (Fsp3) is 0.0968. The summed E-state index contributed by atoms with van der Waals surface area (Å²) in [6, 6.07) is 33.6. The number of carboxylic acid groups (broad SMARTS) is 1. The first-order valence-electron chi connectivity index (χ1n) is 11.9. The van der Waals surface area contributed by atoms with Crippen LogP contribution in [0.5, 0.6) is 0 Å². The van der Waals surface area contributed by atoms with E-state index >= 15 is 0 Å². The molecule has 0 aliphatic rings. The normalized spacial score (nSPS) is 10.9. The van der Waals surface area contributed by atoms with Crippen molar-refractivity contribution in [1.29, 1.82) is 0 Å². The maximum absolute atomic E-state index is 11.2. The molecule has 0 spiro atoms. The van der Waals surface area contributed by atoms with Crippen molar-refractivity contribution in [3.8, 4) is 22.5 Å². The van der Waals surface area contributed by atoms with Gasteiger partial charge in [0.1, 0.15) is 5.82 Å². The molecule has 0 bridgehead atoms. The fourth-order valence-corrected chi connectivity index (χ4v) is 4.45. The maximum Gasteiger partial charge on any atom is 0.335 e. The Morgan fingerprint density at radius 2 is 1.51 bits per heavy atom. The van der Waals surface area contributed by atoms with E-state index in [9.17, 15) is 9.90 Å². The van der Waals surface area contributed by atoms with Crippen LogP contribution in [0, 0.1) is 0 Å². The van der Waals surface area contributed by atoms with E-state index in [2.05, 4.69) is 56.9 Å². The number of imidazole rings is 1. The van der Waals surface area contributed by atoms with Crippen molar-refractivity contribution in [2.45, 2.75) is 19.8 Å². The number of hydrogen-bond acceptors (Lipinski definition) is 3. The first kappa shape index (κ1) is 24.7. The zero-order valence-electron chi connectivity index (χ0n) is 20.0. The van der Waals surface area contributed by atoms with Gasteiger partial charge in [0.2, 0.25) is 0 Å². The minimum atomic E-state index is -0.932. The van der Waals surface area contributed by atoms with Crippen LogP contribution in [0.4, 0.5) is 0 Å². The Morgan fingerprint density at radius 3 is 2.24 bits per heavy atom. The third kappa shape index (κ3) is 6.23. The first-order valence-corrected chi connectivity index (χ1v) is 12.7. The predicted molar refractivity (Wildman–Crippen MR) is 148 cm³/mol. The summed E-state index contributed by atoms with van der Waals surface area (Å²) in [5.41, 5.74) is 6.54. The molecular weight excluding hydrogens is 528 g/mol. The summed E-state index contributed by atoms with van der Waals surface area (Å²) < 4.78 is 9.14. The van der Waals surface area contributed by atoms with E-state index in [-0.39, 0.29) is 5.56 Å². The molecule has 0 atom stereocenters. The van der Waals surface area contributed by atoms with Crippen LogP contribution in [0.2, 0.25) is 0 Å². The van der Waals surface area contributed by atoms with Gasteiger partial charge >= 0.3 is 5.97 Å². The van der Waals surface area contributed by atoms with Crippen molar-refractivity contribution in [3.63, 3.8) is 0 Å². The number of carboxylic acids is 1. The van der Waals surface area contributed by atoms with E-state index in [0.717, 1.165) is 38.2 Å². The fourth-order valence-electron chi connectivity index (χ4n) is 4.18. The van der Waals surface area contributed by atoms with Crippen LogP contribution in [-0.2, 0) is 24.5 Å². The van der Waals surface area contributed by atoms with Gasteiger partial charge in [-0.05, 0) is 52.6 Å². The molecule has 1 heterocycles. The zero-order valence-corrected chi connectivity index (χ0v) is 21.6. The van der Waals surface area contributed by atoms with Crippen LogP contribution in [0.15, 0.2) is 114 Å². The third-order valence-electron chi connectivity index (χ3n) is 6.04. The second kappa shape index (κ2) is 11.4. The highest BCUT2D eigenvalue weighted by atomic mass is 79.9. The van der Waals surface area contributed by atoms with Gasteiger partial charge in [0, 0.05) is 22.8 Å². The molecule has 4 aromatic carbocycles. The number of carbonyl (C=O) groups is 1. The molecule has 6 heteroatoms. The lowest BCUT2D eigenvalue weighted by molar-refractivity contribution is 0.0697. The Labute approximate surface area is 224 Å². The highest BCUT2D eigenvalue weighted by Crippen LogP contribution is 2.24. The van der Waals surface area contributed by atoms with Gasteiger partial charge in [0.25, 0.3) is 0 Å². The molecule has 5 aromatic rings. The Hall–Kier alpha value is -4.00. The molecular formula is C31H25BrN2O3. The number of halogens is 1. The molecule has 37 heavy (non-hydrogen) atoms. The predicted octanol–water partition coefficient (Wildman–Crippen LogP) is 7.44. The lowest BCUT2D eigenvalue weighted by Crippen LogP contribution is -2.02. The molecule has 5 rings (SSSR count). The smallest absolute Gasteiger partial charge is 0.335 e. The summed E-state index contributed by atoms with van der Waals surface area (Å²) in [5, 5.41) is 9.19. The van der Waals surface area contributed by atoms with E-state index in [1.165, 1.54) is 5.56 Å². The highest BCUT2D eigenvalue weighted by Gasteiger charge is 2.12. The van der Waals surface area contributed by atoms with Crippen LogP contribution >= 0.6 is 15.9 Å². The van der Waals surface area contributed by atoms with Gasteiger partial charge in [-0.15, -0.1) is 0 Å². The number of aromatic carboxylic acids is 1.